The highest BCUT2D eigenvalue weighted by Gasteiger charge is 2.29. The van der Waals surface area contributed by atoms with E-state index in [1.165, 1.54) is 18.2 Å². The van der Waals surface area contributed by atoms with Crippen molar-refractivity contribution in [2.45, 2.75) is 23.5 Å². The highest BCUT2D eigenvalue weighted by molar-refractivity contribution is 7.91. The van der Waals surface area contributed by atoms with Gasteiger partial charge >= 0.3 is 5.76 Å². The second-order valence-corrected chi connectivity index (χ2v) is 7.89. The van der Waals surface area contributed by atoms with E-state index in [4.69, 9.17) is 0 Å². The molecule has 1 amide bonds. The van der Waals surface area contributed by atoms with E-state index in [1.807, 2.05) is 29.2 Å². The number of carbonyl (C=O) groups is 1. The number of amides is 1. The number of para-hydroxylation sites is 2. The van der Waals surface area contributed by atoms with E-state index in [9.17, 15) is 22.0 Å². The highest BCUT2D eigenvalue weighted by Crippen LogP contribution is 2.28. The van der Waals surface area contributed by atoms with E-state index in [-0.39, 0.29) is 12.2 Å². The molecular weight excluding hydrogens is 362 g/mol. The number of alkyl halides is 2. The number of fused-ring (bicyclic) bond motifs is 1. The van der Waals surface area contributed by atoms with Crippen LogP contribution in [0.25, 0.3) is 0 Å². The third kappa shape index (κ3) is 3.70. The van der Waals surface area contributed by atoms with Crippen molar-refractivity contribution in [3.63, 3.8) is 0 Å². The van der Waals surface area contributed by atoms with Gasteiger partial charge in [-0.25, -0.2) is 8.42 Å². The molecule has 0 aliphatic carbocycles. The van der Waals surface area contributed by atoms with Crippen molar-refractivity contribution in [2.75, 3.05) is 23.3 Å². The maximum atomic E-state index is 12.8. The predicted octanol–water partition coefficient (Wildman–Crippen LogP) is 3.07. The van der Waals surface area contributed by atoms with Gasteiger partial charge in [0.1, 0.15) is 0 Å². The zero-order valence-corrected chi connectivity index (χ0v) is 14.7. The number of benzene rings is 2. The Bertz CT molecular complexity index is 916. The first-order valence-corrected chi connectivity index (χ1v) is 9.68. The molecule has 0 aromatic heterocycles. The second-order valence-electron chi connectivity index (χ2n) is 6.00. The number of carbonyl (C=O) groups excluding carboxylic acids is 1. The van der Waals surface area contributed by atoms with E-state index >= 15 is 0 Å². The van der Waals surface area contributed by atoms with Crippen LogP contribution in [0.15, 0.2) is 53.4 Å². The SMILES string of the molecule is O=C(CN1CCCc2ccccc21)Nc1ccccc1S(=O)(=O)C(F)F. The van der Waals surface area contributed by atoms with Crippen molar-refractivity contribution < 1.29 is 22.0 Å². The molecule has 1 N–H and O–H groups in total. The van der Waals surface area contributed by atoms with Gasteiger partial charge in [0, 0.05) is 12.2 Å². The molecule has 0 radical (unpaired) electrons. The van der Waals surface area contributed by atoms with E-state index in [0.717, 1.165) is 30.2 Å². The Labute approximate surface area is 150 Å². The molecule has 2 aromatic rings. The summed E-state index contributed by atoms with van der Waals surface area (Å²) in [4.78, 5) is 13.7. The van der Waals surface area contributed by atoms with Crippen molar-refractivity contribution in [1.29, 1.82) is 0 Å². The highest BCUT2D eigenvalue weighted by atomic mass is 32.2. The summed E-state index contributed by atoms with van der Waals surface area (Å²) in [5.41, 5.74) is 1.97. The molecular formula is C18H18F2N2O3S. The van der Waals surface area contributed by atoms with Crippen LogP contribution in [0.5, 0.6) is 0 Å². The minimum atomic E-state index is -4.80. The molecule has 0 spiro atoms. The normalized spacial score (nSPS) is 14.2. The number of nitrogens with zero attached hydrogens (tertiary/aromatic N) is 1. The average Bonchev–Trinajstić information content (AvgIpc) is 2.62. The van der Waals surface area contributed by atoms with Gasteiger partial charge in [0.15, 0.2) is 0 Å². The lowest BCUT2D eigenvalue weighted by atomic mass is 10.0. The lowest BCUT2D eigenvalue weighted by molar-refractivity contribution is -0.115. The fourth-order valence-electron chi connectivity index (χ4n) is 3.05. The summed E-state index contributed by atoms with van der Waals surface area (Å²) in [7, 11) is -4.80. The predicted molar refractivity (Wildman–Crippen MR) is 95.2 cm³/mol. The minimum Gasteiger partial charge on any atom is -0.362 e. The second kappa shape index (κ2) is 7.41. The third-order valence-electron chi connectivity index (χ3n) is 4.24. The molecule has 0 saturated heterocycles. The molecule has 1 heterocycles. The zero-order valence-electron chi connectivity index (χ0n) is 13.9. The molecule has 3 rings (SSSR count). The quantitative estimate of drug-likeness (QED) is 0.866. The van der Waals surface area contributed by atoms with Crippen LogP contribution >= 0.6 is 0 Å². The van der Waals surface area contributed by atoms with Crippen molar-refractivity contribution in [1.82, 2.24) is 0 Å². The number of aryl methyl sites for hydroxylation is 1. The van der Waals surface area contributed by atoms with E-state index in [2.05, 4.69) is 5.32 Å². The summed E-state index contributed by atoms with van der Waals surface area (Å²) in [6, 6.07) is 12.9. The van der Waals surface area contributed by atoms with Gasteiger partial charge in [0.2, 0.25) is 15.7 Å². The zero-order chi connectivity index (χ0) is 18.7. The van der Waals surface area contributed by atoms with Gasteiger partial charge in [0.25, 0.3) is 0 Å². The Morgan fingerprint density at radius 1 is 1.12 bits per heavy atom. The number of hydrogen-bond donors (Lipinski definition) is 1. The van der Waals surface area contributed by atoms with Gasteiger partial charge in [-0.2, -0.15) is 8.78 Å². The lowest BCUT2D eigenvalue weighted by Gasteiger charge is -2.30. The maximum Gasteiger partial charge on any atom is 0.341 e. The lowest BCUT2D eigenvalue weighted by Crippen LogP contribution is -2.37. The molecule has 138 valence electrons. The minimum absolute atomic E-state index is 0.0140. The monoisotopic (exact) mass is 380 g/mol. The molecule has 2 aromatic carbocycles. The van der Waals surface area contributed by atoms with E-state index in [0.29, 0.717) is 6.54 Å². The number of anilines is 2. The standard InChI is InChI=1S/C18H18F2N2O3S/c19-18(20)26(24,25)16-10-4-2-8-14(16)21-17(23)12-22-11-5-7-13-6-1-3-9-15(13)22/h1-4,6,8-10,18H,5,7,11-12H2,(H,21,23). The molecule has 0 bridgehead atoms. The number of sulfone groups is 1. The summed E-state index contributed by atoms with van der Waals surface area (Å²) < 4.78 is 49.2. The summed E-state index contributed by atoms with van der Waals surface area (Å²) in [5, 5.41) is 2.46. The third-order valence-corrected chi connectivity index (χ3v) is 5.68. The first kappa shape index (κ1) is 18.3. The van der Waals surface area contributed by atoms with Crippen LogP contribution in [-0.4, -0.2) is 33.2 Å². The fraction of sp³-hybridized carbons (Fsp3) is 0.278. The van der Waals surface area contributed by atoms with E-state index in [1.54, 1.807) is 0 Å². The molecule has 1 aliphatic heterocycles. The molecule has 0 fully saturated rings. The Morgan fingerprint density at radius 3 is 2.58 bits per heavy atom. The topological polar surface area (TPSA) is 66.5 Å². The maximum absolute atomic E-state index is 12.8. The van der Waals surface area contributed by atoms with Crippen molar-refractivity contribution in [3.8, 4) is 0 Å². The van der Waals surface area contributed by atoms with Crippen LogP contribution in [0.4, 0.5) is 20.2 Å². The van der Waals surface area contributed by atoms with Gasteiger partial charge < -0.3 is 10.2 Å². The average molecular weight is 380 g/mol. The number of hydrogen-bond acceptors (Lipinski definition) is 4. The summed E-state index contributed by atoms with van der Waals surface area (Å²) in [6.07, 6.45) is 1.84. The van der Waals surface area contributed by atoms with Crippen molar-refractivity contribution >= 4 is 27.1 Å². The van der Waals surface area contributed by atoms with Crippen LogP contribution in [0.2, 0.25) is 0 Å². The first-order valence-electron chi connectivity index (χ1n) is 8.13. The Kier molecular flexibility index (Phi) is 5.22. The molecule has 0 saturated carbocycles. The van der Waals surface area contributed by atoms with Crippen molar-refractivity contribution in [3.05, 3.63) is 54.1 Å². The first-order chi connectivity index (χ1) is 12.4. The van der Waals surface area contributed by atoms with Crippen LogP contribution < -0.4 is 10.2 Å². The van der Waals surface area contributed by atoms with Crippen LogP contribution in [0, 0.1) is 0 Å². The summed E-state index contributed by atoms with van der Waals surface area (Å²) in [5.74, 6) is -4.01. The van der Waals surface area contributed by atoms with Gasteiger partial charge in [-0.3, -0.25) is 4.79 Å². The van der Waals surface area contributed by atoms with Crippen LogP contribution in [0.1, 0.15) is 12.0 Å². The number of nitrogens with one attached hydrogen (secondary N) is 1. The molecule has 1 aliphatic rings. The van der Waals surface area contributed by atoms with E-state index < -0.39 is 26.4 Å². The Hall–Kier alpha value is -2.48. The molecule has 0 atom stereocenters. The largest absolute Gasteiger partial charge is 0.362 e. The fourth-order valence-corrected chi connectivity index (χ4v) is 3.94. The van der Waals surface area contributed by atoms with Gasteiger partial charge in [-0.05, 0) is 36.6 Å². The van der Waals surface area contributed by atoms with Crippen LogP contribution in [0.3, 0.4) is 0 Å². The number of halogens is 2. The molecule has 26 heavy (non-hydrogen) atoms. The van der Waals surface area contributed by atoms with Crippen molar-refractivity contribution in [2.24, 2.45) is 0 Å². The summed E-state index contributed by atoms with van der Waals surface area (Å²) >= 11 is 0. The van der Waals surface area contributed by atoms with Gasteiger partial charge in [-0.15, -0.1) is 0 Å². The van der Waals surface area contributed by atoms with Gasteiger partial charge in [-0.1, -0.05) is 30.3 Å². The number of rotatable bonds is 5. The molecule has 8 heteroatoms. The molecule has 0 unspecified atom stereocenters. The Morgan fingerprint density at radius 2 is 1.81 bits per heavy atom. The smallest absolute Gasteiger partial charge is 0.341 e. The van der Waals surface area contributed by atoms with Gasteiger partial charge in [0.05, 0.1) is 17.1 Å². The summed E-state index contributed by atoms with van der Waals surface area (Å²) in [6.45, 7) is 0.710. The Balaban J connectivity index is 1.79. The van der Waals surface area contributed by atoms with Crippen LogP contribution in [-0.2, 0) is 21.1 Å². The molecule has 5 nitrogen and oxygen atoms in total.